The maximum Gasteiger partial charge on any atom is 0.191 e. The Labute approximate surface area is 175 Å². The van der Waals surface area contributed by atoms with E-state index in [2.05, 4.69) is 20.5 Å². The van der Waals surface area contributed by atoms with Crippen LogP contribution < -0.4 is 15.4 Å². The molecule has 1 saturated heterocycles. The van der Waals surface area contributed by atoms with Gasteiger partial charge in [-0.2, -0.15) is 0 Å². The van der Waals surface area contributed by atoms with Crippen molar-refractivity contribution in [3.63, 3.8) is 0 Å². The number of rotatable bonds is 8. The summed E-state index contributed by atoms with van der Waals surface area (Å²) in [5, 5.41) is 6.16. The first-order valence-electron chi connectivity index (χ1n) is 10.0. The number of ether oxygens (including phenoxy) is 2. The molecule has 1 heterocycles. The van der Waals surface area contributed by atoms with Crippen LogP contribution in [0, 0.1) is 11.6 Å². The topological polar surface area (TPSA) is 58.1 Å². The summed E-state index contributed by atoms with van der Waals surface area (Å²) in [6.07, 6.45) is 0. The molecule has 1 aliphatic rings. The lowest BCUT2D eigenvalue weighted by molar-refractivity contribution is 0.0322. The van der Waals surface area contributed by atoms with Gasteiger partial charge < -0.3 is 20.1 Å². The van der Waals surface area contributed by atoms with Crippen LogP contribution in [0.5, 0.6) is 5.75 Å². The summed E-state index contributed by atoms with van der Waals surface area (Å²) in [6.45, 7) is 5.60. The predicted molar refractivity (Wildman–Crippen MR) is 113 cm³/mol. The van der Waals surface area contributed by atoms with Crippen molar-refractivity contribution in [2.75, 3.05) is 46.5 Å². The van der Waals surface area contributed by atoms with Crippen LogP contribution in [0.1, 0.15) is 11.1 Å². The summed E-state index contributed by atoms with van der Waals surface area (Å²) in [5.41, 5.74) is 1.27. The fourth-order valence-electron chi connectivity index (χ4n) is 3.13. The molecule has 0 unspecified atom stereocenters. The number of aliphatic imine (C=N–C) groups is 1. The van der Waals surface area contributed by atoms with Gasteiger partial charge in [-0.15, -0.1) is 0 Å². The molecule has 1 fully saturated rings. The Morgan fingerprint density at radius 3 is 2.70 bits per heavy atom. The van der Waals surface area contributed by atoms with E-state index in [1.807, 2.05) is 24.3 Å². The third-order valence-electron chi connectivity index (χ3n) is 4.82. The average molecular weight is 418 g/mol. The van der Waals surface area contributed by atoms with Crippen LogP contribution in [0.25, 0.3) is 0 Å². The van der Waals surface area contributed by atoms with E-state index >= 15 is 0 Å². The summed E-state index contributed by atoms with van der Waals surface area (Å²) >= 11 is 0. The number of benzene rings is 2. The molecule has 2 aromatic carbocycles. The molecule has 162 valence electrons. The van der Waals surface area contributed by atoms with Crippen LogP contribution in [0.3, 0.4) is 0 Å². The van der Waals surface area contributed by atoms with Crippen molar-refractivity contribution < 1.29 is 18.3 Å². The SMILES string of the molecule is CN=C(NCc1cccc(OCCN2CCOCC2)c1)NCc1cc(F)ccc1F. The van der Waals surface area contributed by atoms with Gasteiger partial charge >= 0.3 is 0 Å². The molecule has 0 radical (unpaired) electrons. The van der Waals surface area contributed by atoms with Crippen molar-refractivity contribution in [3.05, 3.63) is 65.2 Å². The van der Waals surface area contributed by atoms with Crippen LogP contribution in [-0.2, 0) is 17.8 Å². The van der Waals surface area contributed by atoms with Gasteiger partial charge in [0.2, 0.25) is 0 Å². The maximum atomic E-state index is 13.7. The van der Waals surface area contributed by atoms with Crippen molar-refractivity contribution in [2.24, 2.45) is 4.99 Å². The van der Waals surface area contributed by atoms with Gasteiger partial charge in [0.25, 0.3) is 0 Å². The molecule has 0 saturated carbocycles. The first-order valence-corrected chi connectivity index (χ1v) is 10.0. The number of nitrogens with one attached hydrogen (secondary N) is 2. The summed E-state index contributed by atoms with van der Waals surface area (Å²) in [5.74, 6) is 0.382. The summed E-state index contributed by atoms with van der Waals surface area (Å²) in [6, 6.07) is 11.2. The second kappa shape index (κ2) is 11.5. The number of halogens is 2. The van der Waals surface area contributed by atoms with Crippen LogP contribution >= 0.6 is 0 Å². The number of guanidine groups is 1. The maximum absolute atomic E-state index is 13.7. The van der Waals surface area contributed by atoms with Gasteiger partial charge in [0.05, 0.1) is 13.2 Å². The van der Waals surface area contributed by atoms with Crippen LogP contribution in [0.4, 0.5) is 8.78 Å². The molecule has 1 aliphatic heterocycles. The van der Waals surface area contributed by atoms with Gasteiger partial charge in [0.15, 0.2) is 5.96 Å². The fourth-order valence-corrected chi connectivity index (χ4v) is 3.13. The Morgan fingerprint density at radius 2 is 1.90 bits per heavy atom. The highest BCUT2D eigenvalue weighted by atomic mass is 19.1. The van der Waals surface area contributed by atoms with Crippen molar-refractivity contribution in [2.45, 2.75) is 13.1 Å². The molecule has 0 aromatic heterocycles. The second-order valence-corrected chi connectivity index (χ2v) is 6.96. The molecular formula is C22H28F2N4O2. The lowest BCUT2D eigenvalue weighted by atomic mass is 10.2. The molecule has 0 spiro atoms. The molecule has 2 aromatic rings. The zero-order valence-corrected chi connectivity index (χ0v) is 17.2. The van der Waals surface area contributed by atoms with Crippen LogP contribution in [0.2, 0.25) is 0 Å². The fraction of sp³-hybridized carbons (Fsp3) is 0.409. The van der Waals surface area contributed by atoms with Crippen molar-refractivity contribution in [3.8, 4) is 5.75 Å². The molecule has 0 atom stereocenters. The van der Waals surface area contributed by atoms with Crippen LogP contribution in [0.15, 0.2) is 47.5 Å². The number of hydrogen-bond acceptors (Lipinski definition) is 4. The van der Waals surface area contributed by atoms with Gasteiger partial charge in [-0.3, -0.25) is 9.89 Å². The largest absolute Gasteiger partial charge is 0.492 e. The Balaban J connectivity index is 1.44. The van der Waals surface area contributed by atoms with E-state index in [1.54, 1.807) is 7.05 Å². The zero-order valence-electron chi connectivity index (χ0n) is 17.2. The molecule has 6 nitrogen and oxygen atoms in total. The van der Waals surface area contributed by atoms with Crippen LogP contribution in [-0.4, -0.2) is 57.4 Å². The van der Waals surface area contributed by atoms with Gasteiger partial charge in [-0.05, 0) is 35.9 Å². The van der Waals surface area contributed by atoms with E-state index in [0.29, 0.717) is 19.1 Å². The summed E-state index contributed by atoms with van der Waals surface area (Å²) < 4.78 is 38.3. The normalized spacial score (nSPS) is 15.1. The first kappa shape index (κ1) is 22.0. The lowest BCUT2D eigenvalue weighted by Gasteiger charge is -2.26. The first-order chi connectivity index (χ1) is 14.6. The standard InChI is InChI=1S/C22H28F2N4O2/c1-25-22(27-16-18-14-19(23)5-6-21(18)24)26-15-17-3-2-4-20(13-17)30-12-9-28-7-10-29-11-8-28/h2-6,13-14H,7-12,15-16H2,1H3,(H2,25,26,27). The minimum absolute atomic E-state index is 0.133. The van der Waals surface area contributed by atoms with E-state index in [0.717, 1.165) is 56.3 Å². The molecule has 0 amide bonds. The van der Waals surface area contributed by atoms with E-state index in [1.165, 1.54) is 6.07 Å². The number of hydrogen-bond donors (Lipinski definition) is 2. The third-order valence-corrected chi connectivity index (χ3v) is 4.82. The van der Waals surface area contributed by atoms with Crippen molar-refractivity contribution >= 4 is 5.96 Å². The summed E-state index contributed by atoms with van der Waals surface area (Å²) in [4.78, 5) is 6.45. The Hall–Kier alpha value is -2.71. The Bertz CT molecular complexity index is 842. The van der Waals surface area contributed by atoms with E-state index < -0.39 is 11.6 Å². The lowest BCUT2D eigenvalue weighted by Crippen LogP contribution is -2.38. The predicted octanol–water partition coefficient (Wildman–Crippen LogP) is 2.54. The third kappa shape index (κ3) is 6.96. The van der Waals surface area contributed by atoms with E-state index in [9.17, 15) is 8.78 Å². The molecule has 30 heavy (non-hydrogen) atoms. The van der Waals surface area contributed by atoms with Gasteiger partial charge in [-0.25, -0.2) is 8.78 Å². The van der Waals surface area contributed by atoms with Crippen molar-refractivity contribution in [1.29, 1.82) is 0 Å². The number of morpholine rings is 1. The number of nitrogens with zero attached hydrogens (tertiary/aromatic N) is 2. The minimum Gasteiger partial charge on any atom is -0.492 e. The second-order valence-electron chi connectivity index (χ2n) is 6.96. The monoisotopic (exact) mass is 418 g/mol. The van der Waals surface area contributed by atoms with E-state index in [4.69, 9.17) is 9.47 Å². The smallest absolute Gasteiger partial charge is 0.191 e. The summed E-state index contributed by atoms with van der Waals surface area (Å²) in [7, 11) is 1.63. The highest BCUT2D eigenvalue weighted by Gasteiger charge is 2.10. The van der Waals surface area contributed by atoms with Gasteiger partial charge in [0.1, 0.15) is 24.0 Å². The average Bonchev–Trinajstić information content (AvgIpc) is 2.77. The van der Waals surface area contributed by atoms with Gasteiger partial charge in [-0.1, -0.05) is 12.1 Å². The quantitative estimate of drug-likeness (QED) is 0.510. The molecular weight excluding hydrogens is 390 g/mol. The molecule has 8 heteroatoms. The molecule has 3 rings (SSSR count). The van der Waals surface area contributed by atoms with Gasteiger partial charge in [0, 0.05) is 45.3 Å². The molecule has 2 N–H and O–H groups in total. The highest BCUT2D eigenvalue weighted by Crippen LogP contribution is 2.13. The Kier molecular flexibility index (Phi) is 8.41. The highest BCUT2D eigenvalue weighted by molar-refractivity contribution is 5.79. The Morgan fingerprint density at radius 1 is 1.10 bits per heavy atom. The molecule has 0 aliphatic carbocycles. The molecule has 0 bridgehead atoms. The van der Waals surface area contributed by atoms with E-state index in [-0.39, 0.29) is 12.1 Å². The zero-order chi connectivity index (χ0) is 21.2. The van der Waals surface area contributed by atoms with Crippen molar-refractivity contribution in [1.82, 2.24) is 15.5 Å². The minimum atomic E-state index is -0.471.